The van der Waals surface area contributed by atoms with Gasteiger partial charge < -0.3 is 32.2 Å². The summed E-state index contributed by atoms with van der Waals surface area (Å²) in [5, 5.41) is 5.24. The molecule has 4 aromatic rings. The third kappa shape index (κ3) is 24.0. The number of aldehydes is 1. The summed E-state index contributed by atoms with van der Waals surface area (Å²) in [6.07, 6.45) is 6.84. The molecule has 0 unspecified atom stereocenters. The van der Waals surface area contributed by atoms with E-state index >= 15 is 0 Å². The van der Waals surface area contributed by atoms with Crippen molar-refractivity contribution in [3.63, 3.8) is 0 Å². The maximum absolute atomic E-state index is 12.4. The molecular weight excluding hydrogens is 1040 g/mol. The molecule has 2 amide bonds. The second-order valence-corrected chi connectivity index (χ2v) is 17.5. The summed E-state index contributed by atoms with van der Waals surface area (Å²) in [6, 6.07) is 23.5. The van der Waals surface area contributed by atoms with Crippen molar-refractivity contribution in [3.8, 4) is 0 Å². The number of rotatable bonds is 11. The van der Waals surface area contributed by atoms with Crippen molar-refractivity contribution in [2.75, 3.05) is 52.4 Å². The normalized spacial score (nSPS) is 12.7. The maximum Gasteiger partial charge on any atom is 1.00 e. The molecule has 0 bridgehead atoms. The Kier molecular flexibility index (Phi) is 32.7. The smallest absolute Gasteiger partial charge is 0.793 e. The number of thiophene rings is 1. The van der Waals surface area contributed by atoms with Gasteiger partial charge in [-0.1, -0.05) is 73.3 Å². The Balaban J connectivity index is 0.000000496. The molecule has 6 rings (SSSR count). The van der Waals surface area contributed by atoms with Crippen LogP contribution in [0.15, 0.2) is 100 Å². The number of likely N-dealkylation sites (tertiary alicyclic amines) is 1. The fourth-order valence-electron chi connectivity index (χ4n) is 6.56. The van der Waals surface area contributed by atoms with Crippen LogP contribution >= 0.6 is 43.2 Å². The Morgan fingerprint density at radius 1 is 0.681 bits per heavy atom. The molecule has 4 heterocycles. The van der Waals surface area contributed by atoms with Crippen molar-refractivity contribution in [1.82, 2.24) is 20.0 Å². The molecule has 2 fully saturated rings. The molecule has 2 saturated heterocycles. The largest absolute Gasteiger partial charge is 1.00 e. The van der Waals surface area contributed by atoms with Gasteiger partial charge in [0.1, 0.15) is 5.76 Å². The average molecular weight is 1110 g/mol. The molecule has 2 aromatic heterocycles. The number of hydrogen-bond donors (Lipinski definition) is 1. The molecule has 69 heavy (non-hydrogen) atoms. The third-order valence-electron chi connectivity index (χ3n) is 10.2. The minimum absolute atomic E-state index is 0. The number of carbonyl (C=O) groups is 6. The summed E-state index contributed by atoms with van der Waals surface area (Å²) in [5.41, 5.74) is 6.70. The predicted molar refractivity (Wildman–Crippen MR) is 275 cm³/mol. The first-order valence-corrected chi connectivity index (χ1v) is 24.8. The van der Waals surface area contributed by atoms with E-state index in [1.807, 2.05) is 110 Å². The zero-order valence-corrected chi connectivity index (χ0v) is 47.0. The maximum atomic E-state index is 12.4. The Morgan fingerprint density at radius 2 is 1.10 bits per heavy atom. The minimum atomic E-state index is -0.639. The van der Waals surface area contributed by atoms with Gasteiger partial charge in [0.15, 0.2) is 6.29 Å². The van der Waals surface area contributed by atoms with Gasteiger partial charge in [-0.15, -0.1) is 11.3 Å². The number of nitrogens with one attached hydrogen (secondary N) is 1. The van der Waals surface area contributed by atoms with Gasteiger partial charge in [0.05, 0.1) is 17.7 Å². The molecule has 2 aliphatic heterocycles. The van der Waals surface area contributed by atoms with Crippen molar-refractivity contribution < 1.29 is 77.2 Å². The average Bonchev–Trinajstić information content (AvgIpc) is 4.11. The molecular formula is C50H63BBr2N4NaO10S. The van der Waals surface area contributed by atoms with Crippen molar-refractivity contribution in [2.24, 2.45) is 0 Å². The van der Waals surface area contributed by atoms with E-state index in [4.69, 9.17) is 4.42 Å². The van der Waals surface area contributed by atoms with Crippen molar-refractivity contribution in [2.45, 2.75) is 80.7 Å². The Morgan fingerprint density at radius 3 is 1.42 bits per heavy atom. The first kappa shape index (κ1) is 62.9. The van der Waals surface area contributed by atoms with Gasteiger partial charge in [-0.05, 0) is 125 Å². The molecule has 0 aliphatic carbocycles. The molecule has 2 aliphatic rings. The number of carbonyl (C=O) groups excluding carboxylic acids is 6. The second kappa shape index (κ2) is 35.9. The van der Waals surface area contributed by atoms with Crippen LogP contribution in [0.25, 0.3) is 8.96 Å². The number of nitrogens with zero attached hydrogens (tertiary/aromatic N) is 3. The van der Waals surface area contributed by atoms with Crippen LogP contribution in [0.5, 0.6) is 0 Å². The number of piperidine rings is 2. The van der Waals surface area contributed by atoms with E-state index in [-0.39, 0.29) is 41.4 Å². The standard InChI is InChI=1S/C22H27BrN2O2.C17H23BrN2O.C5H4OS.C4H6O4.C2H3BO2.Na/c1-3-25(4-2)22(26)19-9-7-17(8-10-19)21(23)18-11-13-24(14-12-18)16-20-6-5-15-27-20;1-3-20(4-2)17(21)15-7-5-13(6-8-15)16(18)14-9-11-19-12-10-14;6-4-5-2-1-3-7-5;1-3(5)7-8-4(2)6;1-2(4)5-3;/h5-10,15H,3-4,11-14,16H2,1-2H3;5-8,19H,3-4,9-12H2,1-2H3;1-4H;1-2H3;1H3;/q;;;;-1;+1. The molecule has 3 radical (unpaired) electrons. The number of amides is 2. The van der Waals surface area contributed by atoms with Crippen LogP contribution < -0.4 is 34.9 Å². The summed E-state index contributed by atoms with van der Waals surface area (Å²) in [7, 11) is 4.32. The van der Waals surface area contributed by atoms with Gasteiger partial charge in [0.2, 0.25) is 5.97 Å². The predicted octanol–water partition coefficient (Wildman–Crippen LogP) is 7.05. The molecule has 367 valence electrons. The summed E-state index contributed by atoms with van der Waals surface area (Å²) in [5.74, 6) is -0.515. The van der Waals surface area contributed by atoms with E-state index in [2.05, 4.69) is 64.6 Å². The first-order valence-electron chi connectivity index (χ1n) is 22.3. The van der Waals surface area contributed by atoms with Crippen LogP contribution in [-0.4, -0.2) is 111 Å². The van der Waals surface area contributed by atoms with Gasteiger partial charge in [0, 0.05) is 80.1 Å². The topological polar surface area (TPSA) is 165 Å². The number of furan rings is 1. The molecule has 0 atom stereocenters. The monoisotopic (exact) mass is 1100 g/mol. The summed E-state index contributed by atoms with van der Waals surface area (Å²) < 4.78 is 11.4. The van der Waals surface area contributed by atoms with Crippen LogP contribution in [-0.2, 0) is 35.4 Å². The van der Waals surface area contributed by atoms with Crippen LogP contribution in [0, 0.1) is 0 Å². The van der Waals surface area contributed by atoms with Gasteiger partial charge in [0.25, 0.3) is 11.8 Å². The van der Waals surface area contributed by atoms with E-state index in [1.165, 1.54) is 38.4 Å². The molecule has 0 saturated carbocycles. The van der Waals surface area contributed by atoms with Crippen LogP contribution in [0.4, 0.5) is 0 Å². The van der Waals surface area contributed by atoms with Crippen molar-refractivity contribution >= 4 is 96.2 Å². The van der Waals surface area contributed by atoms with E-state index in [1.54, 1.807) is 12.3 Å². The van der Waals surface area contributed by atoms with Crippen molar-refractivity contribution in [1.29, 1.82) is 0 Å². The molecule has 0 spiro atoms. The van der Waals surface area contributed by atoms with Gasteiger partial charge in [-0.2, -0.15) is 0 Å². The molecule has 19 heteroatoms. The van der Waals surface area contributed by atoms with Gasteiger partial charge >= 0.3 is 41.5 Å². The van der Waals surface area contributed by atoms with Gasteiger partial charge in [-0.25, -0.2) is 19.4 Å². The zero-order chi connectivity index (χ0) is 50.4. The van der Waals surface area contributed by atoms with Crippen molar-refractivity contribution in [3.05, 3.63) is 128 Å². The SMILES string of the molecule is CC(=O)OOC(C)=O.CCN(CC)C(=O)c1ccc(C(Br)=C2CCN(Cc3ccco3)CC2)cc1.CCN(CC)C(=O)c1ccc(C(Br)=C2CCNCC2)cc1.O=Cc1cccs1.[B-]OC(C)=O.[Na+]. The fraction of sp³-hybridized carbons (Fsp3) is 0.400. The van der Waals surface area contributed by atoms with E-state index in [0.717, 1.165) is 138 Å². The Hall–Kier alpha value is -4.14. The number of hydrogen-bond acceptors (Lipinski definition) is 13. The minimum Gasteiger partial charge on any atom is -0.793 e. The Labute approximate surface area is 451 Å². The Bertz CT molecular complexity index is 2190. The summed E-state index contributed by atoms with van der Waals surface area (Å²) >= 11 is 8.97. The van der Waals surface area contributed by atoms with E-state index in [9.17, 15) is 28.8 Å². The fourth-order valence-corrected chi connectivity index (χ4v) is 8.41. The summed E-state index contributed by atoms with van der Waals surface area (Å²) in [6.45, 7) is 19.5. The quantitative estimate of drug-likeness (QED) is 0.0706. The molecule has 14 nitrogen and oxygen atoms in total. The summed E-state index contributed by atoms with van der Waals surface area (Å²) in [4.78, 5) is 78.3. The third-order valence-corrected chi connectivity index (χ3v) is 13.1. The zero-order valence-electron chi connectivity index (χ0n) is 41.0. The van der Waals surface area contributed by atoms with E-state index in [0.29, 0.717) is 0 Å². The van der Waals surface area contributed by atoms with E-state index < -0.39 is 17.9 Å². The molecule has 2 aromatic carbocycles. The number of halogens is 2. The van der Waals surface area contributed by atoms with Gasteiger partial charge in [-0.3, -0.25) is 24.1 Å². The number of benzene rings is 2. The first-order chi connectivity index (χ1) is 32.6. The van der Waals surface area contributed by atoms with Crippen LogP contribution in [0.2, 0.25) is 0 Å². The van der Waals surface area contributed by atoms with Crippen LogP contribution in [0.1, 0.15) is 121 Å². The second-order valence-electron chi connectivity index (χ2n) is 14.9. The van der Waals surface area contributed by atoms with Crippen LogP contribution in [0.3, 0.4) is 0 Å². The molecule has 1 N–H and O–H groups in total.